The molecule has 284 valence electrons. The quantitative estimate of drug-likeness (QED) is 0.145. The average Bonchev–Trinajstić information content (AvgIpc) is 3.27. The van der Waals surface area contributed by atoms with Crippen LogP contribution < -0.4 is 9.80 Å². The van der Waals surface area contributed by atoms with E-state index in [4.69, 9.17) is 0 Å². The van der Waals surface area contributed by atoms with Gasteiger partial charge in [0, 0.05) is 34.1 Å². The minimum atomic E-state index is 0.160. The minimum Gasteiger partial charge on any atom is -0.311 e. The normalized spacial score (nSPS) is 14.0. The maximum atomic E-state index is 2.46. The SMILES string of the molecule is CC1(C)CCC(C)(C)c2cc(-c3cccc(N(c4ccccc4)c4ccc(-c5ccc(N(c6ccccc6)c6ccc(-c7ccccc7)cc6)cc5)cc4)c3)ccc21. The minimum absolute atomic E-state index is 0.160. The van der Waals surface area contributed by atoms with Gasteiger partial charge in [0.05, 0.1) is 0 Å². The Bertz CT molecular complexity index is 2630. The van der Waals surface area contributed by atoms with Crippen LogP contribution >= 0.6 is 0 Å². The van der Waals surface area contributed by atoms with Gasteiger partial charge < -0.3 is 9.80 Å². The molecule has 1 aliphatic rings. The molecule has 0 saturated heterocycles. The monoisotopic (exact) mass is 750 g/mol. The van der Waals surface area contributed by atoms with Crippen LogP contribution in [0, 0.1) is 0 Å². The molecule has 0 spiro atoms. The third-order valence-electron chi connectivity index (χ3n) is 12.1. The summed E-state index contributed by atoms with van der Waals surface area (Å²) in [5.41, 5.74) is 17.3. The average molecular weight is 751 g/mol. The fourth-order valence-electron chi connectivity index (χ4n) is 8.68. The highest BCUT2D eigenvalue weighted by Crippen LogP contribution is 2.47. The maximum Gasteiger partial charge on any atom is 0.0467 e. The number of nitrogens with zero attached hydrogens (tertiary/aromatic N) is 2. The highest BCUT2D eigenvalue weighted by molar-refractivity contribution is 5.83. The van der Waals surface area contributed by atoms with Crippen LogP contribution in [0.25, 0.3) is 33.4 Å². The number of anilines is 6. The molecule has 0 atom stereocenters. The van der Waals surface area contributed by atoms with Gasteiger partial charge in [0.15, 0.2) is 0 Å². The van der Waals surface area contributed by atoms with E-state index < -0.39 is 0 Å². The number of hydrogen-bond acceptors (Lipinski definition) is 2. The smallest absolute Gasteiger partial charge is 0.0467 e. The van der Waals surface area contributed by atoms with Crippen molar-refractivity contribution < 1.29 is 0 Å². The van der Waals surface area contributed by atoms with E-state index in [9.17, 15) is 0 Å². The molecule has 2 heteroatoms. The standard InChI is InChI=1S/C56H50N2/c1-55(2)37-38-56(3,4)54-40-46(29-36-53(54)55)45-17-14-22-52(39-45)58(48-20-12-7-13-21-48)51-34-27-44(28-35-51)43-25-32-50(33-26-43)57(47-18-10-6-11-19-47)49-30-23-42(24-31-49)41-15-8-5-9-16-41/h5-36,39-40H,37-38H2,1-4H3. The molecule has 1 aliphatic carbocycles. The Labute approximate surface area is 344 Å². The molecule has 0 N–H and O–H groups in total. The van der Waals surface area contributed by atoms with E-state index in [2.05, 4.69) is 244 Å². The predicted octanol–water partition coefficient (Wildman–Crippen LogP) is 16.0. The van der Waals surface area contributed by atoms with Crippen molar-refractivity contribution >= 4 is 34.1 Å². The van der Waals surface area contributed by atoms with Crippen LogP contribution in [0.5, 0.6) is 0 Å². The van der Waals surface area contributed by atoms with Gasteiger partial charge in [-0.25, -0.2) is 0 Å². The van der Waals surface area contributed by atoms with Gasteiger partial charge in [-0.15, -0.1) is 0 Å². The molecule has 0 fully saturated rings. The van der Waals surface area contributed by atoms with E-state index in [0.717, 1.165) is 34.1 Å². The second kappa shape index (κ2) is 15.4. The van der Waals surface area contributed by atoms with Crippen molar-refractivity contribution in [1.29, 1.82) is 0 Å². The Hall–Kier alpha value is -6.64. The lowest BCUT2D eigenvalue weighted by Gasteiger charge is -2.42. The summed E-state index contributed by atoms with van der Waals surface area (Å²) < 4.78 is 0. The van der Waals surface area contributed by atoms with E-state index in [-0.39, 0.29) is 10.8 Å². The Morgan fingerprint density at radius 3 is 1.09 bits per heavy atom. The van der Waals surface area contributed by atoms with Gasteiger partial charge in [0.1, 0.15) is 0 Å². The van der Waals surface area contributed by atoms with Gasteiger partial charge in [0.2, 0.25) is 0 Å². The van der Waals surface area contributed by atoms with Crippen molar-refractivity contribution in [2.75, 3.05) is 9.80 Å². The molecule has 58 heavy (non-hydrogen) atoms. The van der Waals surface area contributed by atoms with Crippen LogP contribution in [-0.4, -0.2) is 0 Å². The van der Waals surface area contributed by atoms with Gasteiger partial charge in [-0.2, -0.15) is 0 Å². The van der Waals surface area contributed by atoms with Gasteiger partial charge >= 0.3 is 0 Å². The Morgan fingerprint density at radius 1 is 0.276 bits per heavy atom. The van der Waals surface area contributed by atoms with Crippen LogP contribution in [0.4, 0.5) is 34.1 Å². The molecular weight excluding hydrogens is 701 g/mol. The summed E-state index contributed by atoms with van der Waals surface area (Å²) in [6, 6.07) is 74.8. The van der Waals surface area contributed by atoms with E-state index >= 15 is 0 Å². The first-order valence-electron chi connectivity index (χ1n) is 20.6. The summed E-state index contributed by atoms with van der Waals surface area (Å²) in [7, 11) is 0. The first-order chi connectivity index (χ1) is 28.2. The molecule has 2 nitrogen and oxygen atoms in total. The van der Waals surface area contributed by atoms with Crippen LogP contribution in [-0.2, 0) is 10.8 Å². The zero-order chi connectivity index (χ0) is 39.7. The lowest BCUT2D eigenvalue weighted by atomic mass is 9.63. The molecule has 0 unspecified atom stereocenters. The summed E-state index contributed by atoms with van der Waals surface area (Å²) in [5.74, 6) is 0. The molecular formula is C56H50N2. The van der Waals surface area contributed by atoms with Crippen molar-refractivity contribution in [3.8, 4) is 33.4 Å². The second-order valence-corrected chi connectivity index (χ2v) is 16.9. The molecule has 8 aromatic carbocycles. The third-order valence-corrected chi connectivity index (χ3v) is 12.1. The summed E-state index contributed by atoms with van der Waals surface area (Å²) in [6.07, 6.45) is 2.42. The molecule has 0 amide bonds. The first-order valence-corrected chi connectivity index (χ1v) is 20.6. The summed E-state index contributed by atoms with van der Waals surface area (Å²) >= 11 is 0. The Morgan fingerprint density at radius 2 is 0.603 bits per heavy atom. The summed E-state index contributed by atoms with van der Waals surface area (Å²) in [5, 5.41) is 0. The van der Waals surface area contributed by atoms with E-state index in [0.29, 0.717) is 0 Å². The number of benzene rings is 8. The predicted molar refractivity (Wildman–Crippen MR) is 247 cm³/mol. The highest BCUT2D eigenvalue weighted by atomic mass is 15.1. The number of para-hydroxylation sites is 2. The van der Waals surface area contributed by atoms with Crippen molar-refractivity contribution in [2.45, 2.75) is 51.4 Å². The number of hydrogen-bond donors (Lipinski definition) is 0. The van der Waals surface area contributed by atoms with Crippen molar-refractivity contribution in [2.24, 2.45) is 0 Å². The lowest BCUT2D eigenvalue weighted by Crippen LogP contribution is -2.33. The Kier molecular flexibility index (Phi) is 9.79. The van der Waals surface area contributed by atoms with Gasteiger partial charge in [0.25, 0.3) is 0 Å². The van der Waals surface area contributed by atoms with E-state index in [1.54, 1.807) is 0 Å². The summed E-state index contributed by atoms with van der Waals surface area (Å²) in [6.45, 7) is 9.60. The van der Waals surface area contributed by atoms with Crippen LogP contribution in [0.1, 0.15) is 51.7 Å². The fraction of sp³-hybridized carbons (Fsp3) is 0.143. The molecule has 0 saturated carbocycles. The molecule has 0 heterocycles. The highest BCUT2D eigenvalue weighted by Gasteiger charge is 2.37. The third kappa shape index (κ3) is 7.35. The Balaban J connectivity index is 1.01. The second-order valence-electron chi connectivity index (χ2n) is 16.9. The van der Waals surface area contributed by atoms with Crippen molar-refractivity contribution in [3.05, 3.63) is 217 Å². The molecule has 0 bridgehead atoms. The lowest BCUT2D eigenvalue weighted by molar-refractivity contribution is 0.332. The van der Waals surface area contributed by atoms with Crippen LogP contribution in [0.2, 0.25) is 0 Å². The van der Waals surface area contributed by atoms with Gasteiger partial charge in [-0.3, -0.25) is 0 Å². The van der Waals surface area contributed by atoms with Crippen molar-refractivity contribution in [1.82, 2.24) is 0 Å². The fourth-order valence-corrected chi connectivity index (χ4v) is 8.68. The number of fused-ring (bicyclic) bond motifs is 1. The molecule has 9 rings (SSSR count). The van der Waals surface area contributed by atoms with Gasteiger partial charge in [-0.1, -0.05) is 161 Å². The van der Waals surface area contributed by atoms with Crippen LogP contribution in [0.3, 0.4) is 0 Å². The van der Waals surface area contributed by atoms with Crippen molar-refractivity contribution in [3.63, 3.8) is 0 Å². The topological polar surface area (TPSA) is 6.48 Å². The van der Waals surface area contributed by atoms with Gasteiger partial charge in [-0.05, 0) is 141 Å². The molecule has 0 radical (unpaired) electrons. The number of rotatable bonds is 9. The van der Waals surface area contributed by atoms with E-state index in [1.165, 1.54) is 57.3 Å². The molecule has 0 aliphatic heterocycles. The zero-order valence-electron chi connectivity index (χ0n) is 33.9. The zero-order valence-corrected chi connectivity index (χ0v) is 33.9. The summed E-state index contributed by atoms with van der Waals surface area (Å²) in [4.78, 5) is 4.68. The maximum absolute atomic E-state index is 2.46. The molecule has 8 aromatic rings. The van der Waals surface area contributed by atoms with E-state index in [1.807, 2.05) is 0 Å². The first kappa shape index (κ1) is 37.0. The van der Waals surface area contributed by atoms with Crippen LogP contribution in [0.15, 0.2) is 206 Å². The molecule has 0 aromatic heterocycles. The largest absolute Gasteiger partial charge is 0.311 e.